The smallest absolute Gasteiger partial charge is 0.257 e. The average Bonchev–Trinajstić information content (AvgIpc) is 3.18. The van der Waals surface area contributed by atoms with Crippen molar-refractivity contribution in [1.82, 2.24) is 25.0 Å². The molecule has 3 aliphatic heterocycles. The van der Waals surface area contributed by atoms with Crippen molar-refractivity contribution in [2.75, 3.05) is 53.0 Å². The van der Waals surface area contributed by atoms with Crippen LogP contribution in [0.2, 0.25) is 0 Å². The number of hydrogen-bond donors (Lipinski definition) is 1. The molecule has 1 aromatic heterocycles. The van der Waals surface area contributed by atoms with Crippen LogP contribution in [0.15, 0.2) is 18.3 Å². The first-order chi connectivity index (χ1) is 15.9. The summed E-state index contributed by atoms with van der Waals surface area (Å²) in [5.74, 6) is 0.284. The van der Waals surface area contributed by atoms with E-state index in [0.29, 0.717) is 44.1 Å². The molecule has 2 saturated heterocycles. The highest BCUT2D eigenvalue weighted by Crippen LogP contribution is 2.26. The molecule has 0 saturated carbocycles. The van der Waals surface area contributed by atoms with Gasteiger partial charge in [-0.1, -0.05) is 13.8 Å². The van der Waals surface area contributed by atoms with Gasteiger partial charge in [0.1, 0.15) is 18.8 Å². The summed E-state index contributed by atoms with van der Waals surface area (Å²) in [5.41, 5.74) is 0.373. The van der Waals surface area contributed by atoms with Crippen LogP contribution in [0.4, 0.5) is 0 Å². The molecule has 180 valence electrons. The first-order valence-electron chi connectivity index (χ1n) is 11.6. The van der Waals surface area contributed by atoms with Crippen molar-refractivity contribution in [3.63, 3.8) is 0 Å². The topological polar surface area (TPSA) is 104 Å². The van der Waals surface area contributed by atoms with Crippen LogP contribution in [0, 0.1) is 5.92 Å². The molecule has 2 fully saturated rings. The summed E-state index contributed by atoms with van der Waals surface area (Å²) in [7, 11) is 1.49. The number of carbonyl (C=O) groups is 3. The van der Waals surface area contributed by atoms with Crippen LogP contribution in [0.3, 0.4) is 0 Å². The maximum Gasteiger partial charge on any atom is 0.257 e. The van der Waals surface area contributed by atoms with Crippen molar-refractivity contribution in [3.05, 3.63) is 23.9 Å². The SMILES string of the molecule is COCC(=O)N1CCN2C(=O)[C@@H]3C[C@H](CN3CC(C)C)NC(=O)c3cccnc3OC[C@@H]2C1. The van der Waals surface area contributed by atoms with Crippen molar-refractivity contribution < 1.29 is 23.9 Å². The van der Waals surface area contributed by atoms with E-state index in [1.807, 2.05) is 4.90 Å². The first kappa shape index (κ1) is 23.4. The van der Waals surface area contributed by atoms with E-state index >= 15 is 0 Å². The molecule has 0 radical (unpaired) electrons. The molecule has 0 aromatic carbocycles. The van der Waals surface area contributed by atoms with E-state index in [1.165, 1.54) is 7.11 Å². The Hall–Kier alpha value is -2.72. The highest BCUT2D eigenvalue weighted by molar-refractivity contribution is 5.96. The van der Waals surface area contributed by atoms with Crippen LogP contribution in [0.25, 0.3) is 0 Å². The van der Waals surface area contributed by atoms with Crippen molar-refractivity contribution in [3.8, 4) is 5.88 Å². The molecule has 0 aliphatic carbocycles. The van der Waals surface area contributed by atoms with Crippen molar-refractivity contribution in [2.45, 2.75) is 38.4 Å². The summed E-state index contributed by atoms with van der Waals surface area (Å²) in [6, 6.07) is 2.61. The molecule has 4 rings (SSSR count). The van der Waals surface area contributed by atoms with Gasteiger partial charge in [0.15, 0.2) is 0 Å². The second kappa shape index (κ2) is 10.0. The largest absolute Gasteiger partial charge is 0.475 e. The maximum atomic E-state index is 13.7. The van der Waals surface area contributed by atoms with Gasteiger partial charge in [-0.3, -0.25) is 19.3 Å². The summed E-state index contributed by atoms with van der Waals surface area (Å²) in [6.45, 7) is 7.01. The van der Waals surface area contributed by atoms with Gasteiger partial charge in [0, 0.05) is 52.1 Å². The number of carbonyl (C=O) groups excluding carboxylic acids is 3. The number of fused-ring (bicyclic) bond motifs is 4. The Labute approximate surface area is 194 Å². The van der Waals surface area contributed by atoms with Crippen molar-refractivity contribution >= 4 is 17.7 Å². The summed E-state index contributed by atoms with van der Waals surface area (Å²) in [4.78, 5) is 49.2. The third kappa shape index (κ3) is 5.11. The number of nitrogens with one attached hydrogen (secondary N) is 1. The number of methoxy groups -OCH3 is 1. The van der Waals surface area contributed by atoms with Crippen molar-refractivity contribution in [1.29, 1.82) is 0 Å². The number of nitrogens with zero attached hydrogens (tertiary/aromatic N) is 4. The van der Waals surface area contributed by atoms with Gasteiger partial charge in [-0.15, -0.1) is 0 Å². The Balaban J connectivity index is 1.65. The summed E-state index contributed by atoms with van der Waals surface area (Å²) < 4.78 is 11.0. The van der Waals surface area contributed by atoms with Crippen LogP contribution in [0.1, 0.15) is 30.6 Å². The normalized spacial score (nSPS) is 26.1. The third-order valence-electron chi connectivity index (χ3n) is 6.44. The number of piperazine rings is 1. The third-order valence-corrected chi connectivity index (χ3v) is 6.44. The Kier molecular flexibility index (Phi) is 7.14. The van der Waals surface area contributed by atoms with Gasteiger partial charge in [0.25, 0.3) is 5.91 Å². The average molecular weight is 460 g/mol. The van der Waals surface area contributed by atoms with Crippen LogP contribution >= 0.6 is 0 Å². The van der Waals surface area contributed by atoms with Gasteiger partial charge in [-0.2, -0.15) is 0 Å². The molecule has 10 heteroatoms. The number of hydrogen-bond acceptors (Lipinski definition) is 7. The fourth-order valence-electron chi connectivity index (χ4n) is 4.97. The molecule has 33 heavy (non-hydrogen) atoms. The Bertz CT molecular complexity index is 894. The van der Waals surface area contributed by atoms with E-state index in [1.54, 1.807) is 23.2 Å². The summed E-state index contributed by atoms with van der Waals surface area (Å²) >= 11 is 0. The highest BCUT2D eigenvalue weighted by atomic mass is 16.5. The Morgan fingerprint density at radius 1 is 1.30 bits per heavy atom. The van der Waals surface area contributed by atoms with E-state index in [-0.39, 0.29) is 54.9 Å². The minimum absolute atomic E-state index is 0.00143. The zero-order chi connectivity index (χ0) is 23.5. The summed E-state index contributed by atoms with van der Waals surface area (Å²) in [5, 5.41) is 3.08. The second-order valence-corrected chi connectivity index (χ2v) is 9.39. The van der Waals surface area contributed by atoms with Crippen LogP contribution < -0.4 is 10.1 Å². The lowest BCUT2D eigenvalue weighted by Gasteiger charge is -2.43. The lowest BCUT2D eigenvalue weighted by Crippen LogP contribution is -2.61. The number of rotatable bonds is 4. The maximum absolute atomic E-state index is 13.7. The Morgan fingerprint density at radius 2 is 2.12 bits per heavy atom. The lowest BCUT2D eigenvalue weighted by atomic mass is 10.1. The molecule has 3 aliphatic rings. The fraction of sp³-hybridized carbons (Fsp3) is 0.652. The predicted octanol–water partition coefficient (Wildman–Crippen LogP) is -0.0115. The van der Waals surface area contributed by atoms with E-state index in [4.69, 9.17) is 9.47 Å². The molecule has 1 aromatic rings. The number of amides is 3. The quantitative estimate of drug-likeness (QED) is 0.675. The van der Waals surface area contributed by atoms with E-state index in [9.17, 15) is 14.4 Å². The predicted molar refractivity (Wildman–Crippen MR) is 120 cm³/mol. The molecule has 3 amide bonds. The van der Waals surface area contributed by atoms with Gasteiger partial charge in [0.05, 0.1) is 12.1 Å². The monoisotopic (exact) mass is 459 g/mol. The first-order valence-corrected chi connectivity index (χ1v) is 11.6. The van der Waals surface area contributed by atoms with E-state index in [0.717, 1.165) is 6.54 Å². The van der Waals surface area contributed by atoms with Gasteiger partial charge >= 0.3 is 0 Å². The Morgan fingerprint density at radius 3 is 2.88 bits per heavy atom. The minimum atomic E-state index is -0.343. The molecule has 0 spiro atoms. The molecule has 3 atom stereocenters. The molecule has 10 nitrogen and oxygen atoms in total. The second-order valence-electron chi connectivity index (χ2n) is 9.39. The van der Waals surface area contributed by atoms with Gasteiger partial charge in [0.2, 0.25) is 17.7 Å². The zero-order valence-corrected chi connectivity index (χ0v) is 19.5. The number of likely N-dealkylation sites (tertiary alicyclic amines) is 1. The van der Waals surface area contributed by atoms with E-state index < -0.39 is 0 Å². The number of ether oxygens (including phenoxy) is 2. The molecule has 2 bridgehead atoms. The molecule has 0 unspecified atom stereocenters. The highest BCUT2D eigenvalue weighted by Gasteiger charge is 2.43. The minimum Gasteiger partial charge on any atom is -0.475 e. The van der Waals surface area contributed by atoms with E-state index in [2.05, 4.69) is 29.0 Å². The number of aromatic nitrogens is 1. The molecule has 1 N–H and O–H groups in total. The van der Waals surface area contributed by atoms with Gasteiger partial charge in [-0.05, 0) is 24.5 Å². The summed E-state index contributed by atoms with van der Waals surface area (Å²) in [6.07, 6.45) is 2.13. The molecule has 4 heterocycles. The van der Waals surface area contributed by atoms with Gasteiger partial charge in [-0.25, -0.2) is 4.98 Å². The van der Waals surface area contributed by atoms with Crippen molar-refractivity contribution in [2.24, 2.45) is 5.92 Å². The zero-order valence-electron chi connectivity index (χ0n) is 19.5. The van der Waals surface area contributed by atoms with Crippen LogP contribution in [0.5, 0.6) is 5.88 Å². The fourth-order valence-corrected chi connectivity index (χ4v) is 4.97. The molecular weight excluding hydrogens is 426 g/mol. The van der Waals surface area contributed by atoms with Crippen LogP contribution in [-0.4, -0.2) is 109 Å². The lowest BCUT2D eigenvalue weighted by molar-refractivity contribution is -0.148. The number of pyridine rings is 1. The van der Waals surface area contributed by atoms with Gasteiger partial charge < -0.3 is 24.6 Å². The standard InChI is InChI=1S/C23H33N5O5/c1-15(2)10-27-11-16-9-19(27)23(31)28-8-7-26(20(29)14-32-3)12-17(28)13-33-22-18(21(30)25-16)5-4-6-24-22/h4-6,15-17,19H,7-14H2,1-3H3,(H,25,30)/t16-,17+,19+/m1/s1. The molecular formula is C23H33N5O5. The van der Waals surface area contributed by atoms with Crippen LogP contribution in [-0.2, 0) is 14.3 Å².